The molecule has 26 heavy (non-hydrogen) atoms. The van der Waals surface area contributed by atoms with Crippen LogP contribution in [-0.4, -0.2) is 15.5 Å². The van der Waals surface area contributed by atoms with Gasteiger partial charge in [-0.05, 0) is 44.2 Å². The minimum Gasteiger partial charge on any atom is -0.370 e. The van der Waals surface area contributed by atoms with Crippen molar-refractivity contribution in [3.8, 4) is 11.4 Å². The number of carbonyl (C=O) groups is 1. The zero-order chi connectivity index (χ0) is 18.3. The summed E-state index contributed by atoms with van der Waals surface area (Å²) in [7, 11) is 0. The Morgan fingerprint density at radius 1 is 1.31 bits per heavy atom. The first-order valence-corrected chi connectivity index (χ1v) is 9.76. The molecule has 2 heterocycles. The molecule has 0 aliphatic heterocycles. The van der Waals surface area contributed by atoms with E-state index in [1.165, 1.54) is 11.3 Å². The van der Waals surface area contributed by atoms with Crippen LogP contribution in [0.25, 0.3) is 21.6 Å². The van der Waals surface area contributed by atoms with Gasteiger partial charge in [-0.15, -0.1) is 11.3 Å². The highest BCUT2D eigenvalue weighted by molar-refractivity contribution is 7.18. The quantitative estimate of drug-likeness (QED) is 0.769. The molecule has 2 N–H and O–H groups in total. The number of hydrogen-bond donors (Lipinski definition) is 1. The lowest BCUT2D eigenvalue weighted by Gasteiger charge is -2.14. The topological polar surface area (TPSA) is 78.0 Å². The average Bonchev–Trinajstić information content (AvgIpc) is 2.99. The van der Waals surface area contributed by atoms with Gasteiger partial charge in [0.2, 0.25) is 5.91 Å². The van der Waals surface area contributed by atoms with E-state index in [-0.39, 0.29) is 18.5 Å². The summed E-state index contributed by atoms with van der Waals surface area (Å²) in [4.78, 5) is 31.6. The summed E-state index contributed by atoms with van der Waals surface area (Å²) in [6, 6.07) is 7.94. The lowest BCUT2D eigenvalue weighted by Crippen LogP contribution is -2.26. The number of benzene rings is 1. The standard InChI is InChI=1S/C20H21N3O2S/c1-12-5-4-6-13(11-12)18-22-19-17(14-7-2-3-8-15(14)26-19)20(25)23(18)10-9-16(21)24/h4-6,11H,2-3,7-10H2,1H3,(H2,21,24). The summed E-state index contributed by atoms with van der Waals surface area (Å²) < 4.78 is 1.63. The molecule has 0 unspecified atom stereocenters. The van der Waals surface area contributed by atoms with Crippen molar-refractivity contribution in [1.29, 1.82) is 0 Å². The minimum absolute atomic E-state index is 0.0489. The van der Waals surface area contributed by atoms with Gasteiger partial charge in [-0.3, -0.25) is 14.2 Å². The smallest absolute Gasteiger partial charge is 0.262 e. The molecule has 1 aromatic carbocycles. The van der Waals surface area contributed by atoms with Crippen LogP contribution in [0.2, 0.25) is 0 Å². The number of hydrogen-bond acceptors (Lipinski definition) is 4. The van der Waals surface area contributed by atoms with Gasteiger partial charge in [0.15, 0.2) is 0 Å². The zero-order valence-corrected chi connectivity index (χ0v) is 15.6. The van der Waals surface area contributed by atoms with E-state index in [9.17, 15) is 9.59 Å². The largest absolute Gasteiger partial charge is 0.370 e. The van der Waals surface area contributed by atoms with Crippen LogP contribution >= 0.6 is 11.3 Å². The summed E-state index contributed by atoms with van der Waals surface area (Å²) in [5.74, 6) is 0.200. The highest BCUT2D eigenvalue weighted by Gasteiger charge is 2.22. The van der Waals surface area contributed by atoms with E-state index in [2.05, 4.69) is 0 Å². The van der Waals surface area contributed by atoms with E-state index in [0.29, 0.717) is 5.82 Å². The number of fused-ring (bicyclic) bond motifs is 3. The molecule has 1 aliphatic carbocycles. The lowest BCUT2D eigenvalue weighted by atomic mass is 9.97. The van der Waals surface area contributed by atoms with E-state index >= 15 is 0 Å². The van der Waals surface area contributed by atoms with Crippen LogP contribution in [0, 0.1) is 6.92 Å². The Bertz CT molecular complexity index is 1060. The second-order valence-corrected chi connectivity index (χ2v) is 7.95. The number of nitrogens with two attached hydrogens (primary N) is 1. The molecule has 0 atom stereocenters. The number of primary amides is 1. The Labute approximate surface area is 155 Å². The number of aryl methyl sites for hydroxylation is 3. The zero-order valence-electron chi connectivity index (χ0n) is 14.7. The van der Waals surface area contributed by atoms with Crippen LogP contribution in [0.5, 0.6) is 0 Å². The third-order valence-electron chi connectivity index (χ3n) is 4.93. The van der Waals surface area contributed by atoms with Crippen LogP contribution in [0.3, 0.4) is 0 Å². The Hall–Kier alpha value is -2.47. The number of aromatic nitrogens is 2. The second-order valence-electron chi connectivity index (χ2n) is 6.87. The molecule has 3 aromatic rings. The molecule has 0 saturated carbocycles. The molecule has 1 amide bonds. The lowest BCUT2D eigenvalue weighted by molar-refractivity contribution is -0.118. The molecule has 2 aromatic heterocycles. The minimum atomic E-state index is -0.417. The van der Waals surface area contributed by atoms with Gasteiger partial charge in [-0.2, -0.15) is 0 Å². The Morgan fingerprint density at radius 3 is 2.88 bits per heavy atom. The van der Waals surface area contributed by atoms with Gasteiger partial charge in [0.05, 0.1) is 5.39 Å². The summed E-state index contributed by atoms with van der Waals surface area (Å²) in [5, 5.41) is 0.741. The van der Waals surface area contributed by atoms with Gasteiger partial charge < -0.3 is 5.73 Å². The highest BCUT2D eigenvalue weighted by atomic mass is 32.1. The molecular formula is C20H21N3O2S. The maximum Gasteiger partial charge on any atom is 0.262 e. The number of amides is 1. The van der Waals surface area contributed by atoms with Crippen LogP contribution in [0.1, 0.15) is 35.3 Å². The molecule has 0 bridgehead atoms. The summed E-state index contributed by atoms with van der Waals surface area (Å²) >= 11 is 1.64. The maximum atomic E-state index is 13.3. The van der Waals surface area contributed by atoms with Crippen LogP contribution < -0.4 is 11.3 Å². The molecule has 4 rings (SSSR count). The van der Waals surface area contributed by atoms with Crippen molar-refractivity contribution in [2.24, 2.45) is 5.73 Å². The molecule has 5 nitrogen and oxygen atoms in total. The molecule has 6 heteroatoms. The van der Waals surface area contributed by atoms with Crippen molar-refractivity contribution >= 4 is 27.5 Å². The predicted molar refractivity (Wildman–Crippen MR) is 105 cm³/mol. The number of carbonyl (C=O) groups excluding carboxylic acids is 1. The van der Waals surface area contributed by atoms with Crippen LogP contribution in [-0.2, 0) is 24.2 Å². The van der Waals surface area contributed by atoms with Crippen molar-refractivity contribution in [1.82, 2.24) is 9.55 Å². The van der Waals surface area contributed by atoms with E-state index in [1.54, 1.807) is 15.9 Å². The highest BCUT2D eigenvalue weighted by Crippen LogP contribution is 2.34. The number of nitrogens with zero attached hydrogens (tertiary/aromatic N) is 2. The third-order valence-corrected chi connectivity index (χ3v) is 6.12. The van der Waals surface area contributed by atoms with E-state index in [1.807, 2.05) is 31.2 Å². The Kier molecular flexibility index (Phi) is 4.36. The SMILES string of the molecule is Cc1cccc(-c2nc3sc4c(c3c(=O)n2CCC(N)=O)CCCC4)c1. The first-order chi connectivity index (χ1) is 12.5. The fraction of sp³-hybridized carbons (Fsp3) is 0.350. The predicted octanol–water partition coefficient (Wildman–Crippen LogP) is 3.19. The maximum absolute atomic E-state index is 13.3. The van der Waals surface area contributed by atoms with Crippen LogP contribution in [0.4, 0.5) is 0 Å². The van der Waals surface area contributed by atoms with E-state index in [0.717, 1.165) is 46.2 Å². The van der Waals surface area contributed by atoms with Crippen molar-refractivity contribution in [2.45, 2.75) is 45.6 Å². The van der Waals surface area contributed by atoms with Crippen molar-refractivity contribution < 1.29 is 4.79 Å². The average molecular weight is 367 g/mol. The van der Waals surface area contributed by atoms with Gasteiger partial charge in [-0.1, -0.05) is 23.8 Å². The summed E-state index contributed by atoms with van der Waals surface area (Å²) in [5.41, 5.74) is 8.44. The van der Waals surface area contributed by atoms with Gasteiger partial charge in [0.1, 0.15) is 10.7 Å². The molecule has 0 radical (unpaired) electrons. The monoisotopic (exact) mass is 367 g/mol. The van der Waals surface area contributed by atoms with Crippen LogP contribution in [0.15, 0.2) is 29.1 Å². The van der Waals surface area contributed by atoms with Gasteiger partial charge in [-0.25, -0.2) is 4.98 Å². The molecule has 0 fully saturated rings. The van der Waals surface area contributed by atoms with E-state index in [4.69, 9.17) is 10.7 Å². The summed E-state index contributed by atoms with van der Waals surface area (Å²) in [6.07, 6.45) is 4.36. The Morgan fingerprint density at radius 2 is 2.12 bits per heavy atom. The van der Waals surface area contributed by atoms with E-state index < -0.39 is 5.91 Å². The molecule has 1 aliphatic rings. The number of rotatable bonds is 4. The second kappa shape index (κ2) is 6.68. The summed E-state index contributed by atoms with van der Waals surface area (Å²) in [6.45, 7) is 2.27. The van der Waals surface area contributed by atoms with Gasteiger partial charge in [0.25, 0.3) is 5.56 Å². The van der Waals surface area contributed by atoms with Crippen molar-refractivity contribution in [3.63, 3.8) is 0 Å². The molecule has 0 saturated heterocycles. The first kappa shape index (κ1) is 17.0. The Balaban J connectivity index is 1.98. The molecule has 0 spiro atoms. The first-order valence-electron chi connectivity index (χ1n) is 8.95. The van der Waals surface area contributed by atoms with Crippen molar-refractivity contribution in [3.05, 3.63) is 50.6 Å². The van der Waals surface area contributed by atoms with Crippen molar-refractivity contribution in [2.75, 3.05) is 0 Å². The van der Waals surface area contributed by atoms with Gasteiger partial charge >= 0.3 is 0 Å². The molecular weight excluding hydrogens is 346 g/mol. The fourth-order valence-electron chi connectivity index (χ4n) is 3.67. The number of thiophene rings is 1. The molecule has 134 valence electrons. The third kappa shape index (κ3) is 2.94. The fourth-order valence-corrected chi connectivity index (χ4v) is 4.92. The van der Waals surface area contributed by atoms with Gasteiger partial charge in [0, 0.05) is 23.4 Å². The normalized spacial score (nSPS) is 13.7.